The first kappa shape index (κ1) is 14.5. The number of carbonyl (C=O) groups is 2. The van der Waals surface area contributed by atoms with Crippen LogP contribution in [0, 0.1) is 5.92 Å². The molecule has 1 aliphatic carbocycles. The fourth-order valence-corrected chi connectivity index (χ4v) is 4.11. The fraction of sp³-hybridized carbons (Fsp3) is 0.556. The van der Waals surface area contributed by atoms with E-state index in [1.54, 1.807) is 24.3 Å². The third-order valence-electron chi connectivity index (χ3n) is 5.45. The molecule has 1 aromatic rings. The lowest BCUT2D eigenvalue weighted by Crippen LogP contribution is -2.57. The van der Waals surface area contributed by atoms with Gasteiger partial charge in [-0.3, -0.25) is 9.59 Å². The molecule has 1 saturated carbocycles. The number of rotatable bonds is 2. The number of nitrogens with zero attached hydrogens (tertiary/aromatic N) is 2. The molecule has 0 unspecified atom stereocenters. The average molecular weight is 313 g/mol. The van der Waals surface area contributed by atoms with Gasteiger partial charge in [-0.2, -0.15) is 0 Å². The second kappa shape index (κ2) is 5.55. The summed E-state index contributed by atoms with van der Waals surface area (Å²) in [5.74, 6) is 0.838. The maximum absolute atomic E-state index is 12.7. The van der Waals surface area contributed by atoms with Crippen LogP contribution >= 0.6 is 0 Å². The second-order valence-corrected chi connectivity index (χ2v) is 7.06. The Morgan fingerprint density at radius 3 is 2.52 bits per heavy atom. The Labute approximate surface area is 136 Å². The molecular formula is C18H23N3O2. The van der Waals surface area contributed by atoms with E-state index in [9.17, 15) is 9.59 Å². The van der Waals surface area contributed by atoms with Crippen LogP contribution in [-0.2, 0) is 4.79 Å². The molecule has 1 aromatic carbocycles. The Bertz CT molecular complexity index is 624. The van der Waals surface area contributed by atoms with E-state index in [2.05, 4.69) is 4.90 Å². The van der Waals surface area contributed by atoms with Crippen molar-refractivity contribution in [3.63, 3.8) is 0 Å². The first-order valence-corrected chi connectivity index (χ1v) is 8.59. The number of likely N-dealkylation sites (tertiary alicyclic amines) is 2. The van der Waals surface area contributed by atoms with E-state index in [0.717, 1.165) is 38.8 Å². The van der Waals surface area contributed by atoms with Crippen molar-refractivity contribution in [3.05, 3.63) is 29.8 Å². The Morgan fingerprint density at radius 2 is 1.83 bits per heavy atom. The number of benzene rings is 1. The highest BCUT2D eigenvalue weighted by molar-refractivity contribution is 5.94. The van der Waals surface area contributed by atoms with Crippen molar-refractivity contribution in [2.45, 2.75) is 44.2 Å². The number of nitrogens with two attached hydrogens (primary N) is 1. The smallest absolute Gasteiger partial charge is 0.253 e. The molecule has 2 atom stereocenters. The molecule has 0 spiro atoms. The normalized spacial score (nSPS) is 27.7. The van der Waals surface area contributed by atoms with Gasteiger partial charge in [-0.1, -0.05) is 0 Å². The van der Waals surface area contributed by atoms with Crippen molar-refractivity contribution < 1.29 is 9.59 Å². The summed E-state index contributed by atoms with van der Waals surface area (Å²) >= 11 is 0. The summed E-state index contributed by atoms with van der Waals surface area (Å²) in [6, 6.07) is 7.96. The molecule has 0 aromatic heterocycles. The lowest BCUT2D eigenvalue weighted by atomic mass is 9.83. The summed E-state index contributed by atoms with van der Waals surface area (Å²) in [6.45, 7) is 1.51. The van der Waals surface area contributed by atoms with Crippen LogP contribution in [0.15, 0.2) is 24.3 Å². The van der Waals surface area contributed by atoms with Gasteiger partial charge in [-0.05, 0) is 55.9 Å². The summed E-state index contributed by atoms with van der Waals surface area (Å²) in [7, 11) is 0. The molecule has 5 heteroatoms. The van der Waals surface area contributed by atoms with Crippen LogP contribution in [0.1, 0.15) is 42.5 Å². The zero-order chi connectivity index (χ0) is 16.0. The van der Waals surface area contributed by atoms with Crippen LogP contribution in [0.2, 0.25) is 0 Å². The summed E-state index contributed by atoms with van der Waals surface area (Å²) < 4.78 is 0. The lowest BCUT2D eigenvalue weighted by molar-refractivity contribution is -0.141. The predicted octanol–water partition coefficient (Wildman–Crippen LogP) is 1.88. The monoisotopic (exact) mass is 313 g/mol. The minimum Gasteiger partial charge on any atom is -0.399 e. The van der Waals surface area contributed by atoms with E-state index < -0.39 is 0 Å². The number of nitrogen functional groups attached to an aromatic ring is 1. The maximum atomic E-state index is 12.7. The summed E-state index contributed by atoms with van der Waals surface area (Å²) in [6.07, 6.45) is 4.78. The van der Waals surface area contributed by atoms with Crippen LogP contribution in [0.25, 0.3) is 0 Å². The number of carbonyl (C=O) groups excluding carboxylic acids is 2. The zero-order valence-corrected chi connectivity index (χ0v) is 13.3. The summed E-state index contributed by atoms with van der Waals surface area (Å²) in [5.41, 5.74) is 7.06. The Morgan fingerprint density at radius 1 is 1.09 bits per heavy atom. The van der Waals surface area contributed by atoms with E-state index in [0.29, 0.717) is 41.6 Å². The standard InChI is InChI=1S/C18H23N3O2/c19-14-4-1-12(2-5-14)18(23)20-10-9-16-13(11-20)3-8-17(22)21(16)15-6-7-15/h1-2,4-5,13,15-16H,3,6-11,19H2/t13-,16+/m1/s1. The van der Waals surface area contributed by atoms with Crippen molar-refractivity contribution in [2.75, 3.05) is 18.8 Å². The van der Waals surface area contributed by atoms with Crippen molar-refractivity contribution in [2.24, 2.45) is 5.92 Å². The van der Waals surface area contributed by atoms with Gasteiger partial charge < -0.3 is 15.5 Å². The topological polar surface area (TPSA) is 66.6 Å². The van der Waals surface area contributed by atoms with Crippen molar-refractivity contribution in [3.8, 4) is 0 Å². The van der Waals surface area contributed by atoms with Gasteiger partial charge in [0.15, 0.2) is 0 Å². The van der Waals surface area contributed by atoms with E-state index in [1.807, 2.05) is 4.90 Å². The largest absolute Gasteiger partial charge is 0.399 e. The molecule has 4 rings (SSSR count). The van der Waals surface area contributed by atoms with Gasteiger partial charge in [0.05, 0.1) is 0 Å². The van der Waals surface area contributed by atoms with Gasteiger partial charge in [0.1, 0.15) is 0 Å². The molecule has 5 nitrogen and oxygen atoms in total. The van der Waals surface area contributed by atoms with Gasteiger partial charge in [-0.15, -0.1) is 0 Å². The zero-order valence-electron chi connectivity index (χ0n) is 13.3. The molecule has 2 aliphatic heterocycles. The minimum atomic E-state index is 0.0818. The van der Waals surface area contributed by atoms with E-state index in [4.69, 9.17) is 5.73 Å². The molecular weight excluding hydrogens is 290 g/mol. The minimum absolute atomic E-state index is 0.0818. The van der Waals surface area contributed by atoms with Crippen LogP contribution in [0.4, 0.5) is 5.69 Å². The number of amides is 2. The average Bonchev–Trinajstić information content (AvgIpc) is 3.39. The Kier molecular flexibility index (Phi) is 3.51. The van der Waals surface area contributed by atoms with Gasteiger partial charge in [0, 0.05) is 42.8 Å². The van der Waals surface area contributed by atoms with Crippen molar-refractivity contribution in [1.29, 1.82) is 0 Å². The summed E-state index contributed by atoms with van der Waals surface area (Å²) in [4.78, 5) is 29.0. The quantitative estimate of drug-likeness (QED) is 0.848. The van der Waals surface area contributed by atoms with Gasteiger partial charge in [0.2, 0.25) is 5.91 Å². The molecule has 2 amide bonds. The molecule has 23 heavy (non-hydrogen) atoms. The SMILES string of the molecule is Nc1ccc(C(=O)N2CC[C@H]3[C@H](CCC(=O)N3C3CC3)C2)cc1. The molecule has 122 valence electrons. The maximum Gasteiger partial charge on any atom is 0.253 e. The molecule has 0 bridgehead atoms. The second-order valence-electron chi connectivity index (χ2n) is 7.06. The van der Waals surface area contributed by atoms with Crippen LogP contribution in [-0.4, -0.2) is 46.8 Å². The predicted molar refractivity (Wildman–Crippen MR) is 87.8 cm³/mol. The summed E-state index contributed by atoms with van der Waals surface area (Å²) in [5, 5.41) is 0. The molecule has 2 saturated heterocycles. The third-order valence-corrected chi connectivity index (χ3v) is 5.45. The molecule has 3 aliphatic rings. The highest BCUT2D eigenvalue weighted by atomic mass is 16.2. The highest BCUT2D eigenvalue weighted by Crippen LogP contribution is 2.39. The van der Waals surface area contributed by atoms with Crippen LogP contribution in [0.5, 0.6) is 0 Å². The highest BCUT2D eigenvalue weighted by Gasteiger charge is 2.45. The lowest BCUT2D eigenvalue weighted by Gasteiger charge is -2.47. The van der Waals surface area contributed by atoms with Crippen molar-refractivity contribution >= 4 is 17.5 Å². The van der Waals surface area contributed by atoms with Gasteiger partial charge in [-0.25, -0.2) is 0 Å². The Balaban J connectivity index is 1.47. The number of anilines is 1. The van der Waals surface area contributed by atoms with E-state index in [1.165, 1.54) is 0 Å². The molecule has 2 heterocycles. The van der Waals surface area contributed by atoms with E-state index >= 15 is 0 Å². The Hall–Kier alpha value is -2.04. The van der Waals surface area contributed by atoms with Gasteiger partial charge in [0.25, 0.3) is 5.91 Å². The van der Waals surface area contributed by atoms with Crippen molar-refractivity contribution in [1.82, 2.24) is 9.80 Å². The molecule has 2 N–H and O–H groups in total. The third kappa shape index (κ3) is 2.69. The number of hydrogen-bond donors (Lipinski definition) is 1. The number of fused-ring (bicyclic) bond motifs is 1. The first-order valence-electron chi connectivity index (χ1n) is 8.59. The fourth-order valence-electron chi connectivity index (χ4n) is 4.11. The number of hydrogen-bond acceptors (Lipinski definition) is 3. The molecule has 3 fully saturated rings. The number of piperidine rings is 2. The van der Waals surface area contributed by atoms with Crippen LogP contribution < -0.4 is 5.73 Å². The molecule has 0 radical (unpaired) electrons. The first-order chi connectivity index (χ1) is 11.1. The van der Waals surface area contributed by atoms with E-state index in [-0.39, 0.29) is 5.91 Å². The van der Waals surface area contributed by atoms with Crippen LogP contribution in [0.3, 0.4) is 0 Å². The van der Waals surface area contributed by atoms with Gasteiger partial charge >= 0.3 is 0 Å².